The van der Waals surface area contributed by atoms with Crippen LogP contribution in [-0.2, 0) is 4.79 Å². The second kappa shape index (κ2) is 3.52. The molecule has 1 unspecified atom stereocenters. The summed E-state index contributed by atoms with van der Waals surface area (Å²) < 4.78 is 0. The van der Waals surface area contributed by atoms with Crippen LogP contribution < -0.4 is 0 Å². The number of hydrogen-bond acceptors (Lipinski definition) is 2. The predicted molar refractivity (Wildman–Crippen MR) is 58.0 cm³/mol. The number of likely N-dealkylation sites (tertiary alicyclic amines) is 1. The maximum absolute atomic E-state index is 11.6. The number of thiol groups is 1. The molecule has 1 fully saturated rings. The summed E-state index contributed by atoms with van der Waals surface area (Å²) >= 11 is 4.25. The van der Waals surface area contributed by atoms with Gasteiger partial charge in [-0.05, 0) is 18.8 Å². The maximum Gasteiger partial charge on any atom is 0.235 e. The van der Waals surface area contributed by atoms with Gasteiger partial charge in [-0.15, -0.1) is 0 Å². The second-order valence-electron chi connectivity index (χ2n) is 4.88. The van der Waals surface area contributed by atoms with E-state index in [1.165, 1.54) is 0 Å². The van der Waals surface area contributed by atoms with E-state index >= 15 is 0 Å². The highest BCUT2D eigenvalue weighted by molar-refractivity contribution is 7.81. The Morgan fingerprint density at radius 2 is 2.08 bits per heavy atom. The minimum Gasteiger partial charge on any atom is -0.338 e. The molecule has 0 aromatic rings. The molecule has 0 bridgehead atoms. The van der Waals surface area contributed by atoms with Crippen LogP contribution in [0.2, 0.25) is 0 Å². The average Bonchev–Trinajstić information content (AvgIpc) is 2.30. The second-order valence-corrected chi connectivity index (χ2v) is 5.50. The van der Waals surface area contributed by atoms with Crippen LogP contribution in [0.25, 0.3) is 0 Å². The van der Waals surface area contributed by atoms with E-state index in [0.717, 1.165) is 13.0 Å². The fraction of sp³-hybridized carbons (Fsp3) is 0.900. The number of carbonyl (C=O) groups is 1. The molecule has 0 saturated carbocycles. The third-order valence-corrected chi connectivity index (χ3v) is 3.41. The molecular weight excluding hydrogens is 182 g/mol. The highest BCUT2D eigenvalue weighted by atomic mass is 32.1. The normalized spacial score (nSPS) is 26.7. The number of carbonyl (C=O) groups excluding carboxylic acids is 1. The lowest BCUT2D eigenvalue weighted by Crippen LogP contribution is -2.43. The van der Waals surface area contributed by atoms with Crippen molar-refractivity contribution in [2.45, 2.75) is 45.4 Å². The minimum absolute atomic E-state index is 0.0650. The molecule has 0 radical (unpaired) electrons. The summed E-state index contributed by atoms with van der Waals surface area (Å²) in [4.78, 5) is 13.6. The number of amides is 1. The summed E-state index contributed by atoms with van der Waals surface area (Å²) in [7, 11) is 0. The summed E-state index contributed by atoms with van der Waals surface area (Å²) in [6.45, 7) is 9.47. The lowest BCUT2D eigenvalue weighted by molar-refractivity contribution is -0.130. The van der Waals surface area contributed by atoms with Crippen molar-refractivity contribution in [3.05, 3.63) is 0 Å². The summed E-state index contributed by atoms with van der Waals surface area (Å²) in [6, 6.07) is 0.303. The van der Waals surface area contributed by atoms with E-state index in [2.05, 4.69) is 40.3 Å². The first kappa shape index (κ1) is 10.9. The van der Waals surface area contributed by atoms with Gasteiger partial charge in [-0.1, -0.05) is 20.8 Å². The average molecular weight is 201 g/mol. The standard InChI is InChI=1S/C10H19NOS/c1-7(10(2,3)4)11-6-5-8(13)9(11)12/h7-8,13H,5-6H2,1-4H3/t7-,8?/m1/s1. The first-order valence-electron chi connectivity index (χ1n) is 4.82. The monoisotopic (exact) mass is 201 g/mol. The zero-order chi connectivity index (χ0) is 10.2. The van der Waals surface area contributed by atoms with Gasteiger partial charge in [-0.3, -0.25) is 4.79 Å². The van der Waals surface area contributed by atoms with Crippen LogP contribution in [0.3, 0.4) is 0 Å². The molecule has 1 saturated heterocycles. The van der Waals surface area contributed by atoms with Crippen molar-refractivity contribution in [3.8, 4) is 0 Å². The van der Waals surface area contributed by atoms with Crippen molar-refractivity contribution in [2.24, 2.45) is 5.41 Å². The molecule has 1 aliphatic heterocycles. The third kappa shape index (κ3) is 2.19. The number of nitrogens with zero attached hydrogens (tertiary/aromatic N) is 1. The van der Waals surface area contributed by atoms with E-state index in [0.29, 0.717) is 6.04 Å². The van der Waals surface area contributed by atoms with Crippen molar-refractivity contribution >= 4 is 18.5 Å². The van der Waals surface area contributed by atoms with Crippen LogP contribution in [0.15, 0.2) is 0 Å². The van der Waals surface area contributed by atoms with Gasteiger partial charge in [0.2, 0.25) is 5.91 Å². The predicted octanol–water partition coefficient (Wildman–Crippen LogP) is 1.95. The van der Waals surface area contributed by atoms with E-state index in [9.17, 15) is 4.79 Å². The fourth-order valence-corrected chi connectivity index (χ4v) is 1.80. The Bertz CT molecular complexity index is 209. The highest BCUT2D eigenvalue weighted by Crippen LogP contribution is 2.28. The molecule has 1 amide bonds. The van der Waals surface area contributed by atoms with Crippen molar-refractivity contribution in [3.63, 3.8) is 0 Å². The SMILES string of the molecule is C[C@@H](N1CCC(S)C1=O)C(C)(C)C. The van der Waals surface area contributed by atoms with Crippen LogP contribution in [0.4, 0.5) is 0 Å². The Kier molecular flexibility index (Phi) is 2.95. The zero-order valence-electron chi connectivity index (χ0n) is 8.87. The molecule has 1 aliphatic rings. The van der Waals surface area contributed by atoms with Crippen LogP contribution >= 0.6 is 12.6 Å². The molecule has 1 heterocycles. The van der Waals surface area contributed by atoms with Gasteiger partial charge in [-0.2, -0.15) is 12.6 Å². The molecule has 0 spiro atoms. The molecular formula is C10H19NOS. The van der Waals surface area contributed by atoms with E-state index in [1.807, 2.05) is 4.90 Å². The minimum atomic E-state index is -0.0650. The summed E-state index contributed by atoms with van der Waals surface area (Å²) in [6.07, 6.45) is 0.891. The fourth-order valence-electron chi connectivity index (χ4n) is 1.54. The topological polar surface area (TPSA) is 20.3 Å². The molecule has 0 N–H and O–H groups in total. The summed E-state index contributed by atoms with van der Waals surface area (Å²) in [5, 5.41) is -0.0650. The highest BCUT2D eigenvalue weighted by Gasteiger charge is 2.36. The number of rotatable bonds is 1. The van der Waals surface area contributed by atoms with Gasteiger partial charge >= 0.3 is 0 Å². The first-order valence-corrected chi connectivity index (χ1v) is 5.34. The summed E-state index contributed by atoms with van der Waals surface area (Å²) in [5.74, 6) is 0.200. The molecule has 0 aromatic heterocycles. The third-order valence-electron chi connectivity index (χ3n) is 2.93. The Labute approximate surface area is 86.1 Å². The molecule has 13 heavy (non-hydrogen) atoms. The van der Waals surface area contributed by atoms with Gasteiger partial charge in [0.05, 0.1) is 5.25 Å². The van der Waals surface area contributed by atoms with Gasteiger partial charge in [-0.25, -0.2) is 0 Å². The molecule has 76 valence electrons. The molecule has 1 rings (SSSR count). The van der Waals surface area contributed by atoms with Gasteiger partial charge in [0.15, 0.2) is 0 Å². The number of hydrogen-bond donors (Lipinski definition) is 1. The Morgan fingerprint density at radius 1 is 1.54 bits per heavy atom. The van der Waals surface area contributed by atoms with Gasteiger partial charge in [0.25, 0.3) is 0 Å². The summed E-state index contributed by atoms with van der Waals surface area (Å²) in [5.41, 5.74) is 0.160. The van der Waals surface area contributed by atoms with Crippen LogP contribution in [-0.4, -0.2) is 28.6 Å². The lowest BCUT2D eigenvalue weighted by Gasteiger charge is -2.35. The smallest absolute Gasteiger partial charge is 0.235 e. The van der Waals surface area contributed by atoms with Crippen LogP contribution in [0, 0.1) is 5.41 Å². The van der Waals surface area contributed by atoms with E-state index in [4.69, 9.17) is 0 Å². The Balaban J connectivity index is 2.69. The first-order chi connectivity index (χ1) is 5.84. The molecule has 2 nitrogen and oxygen atoms in total. The quantitative estimate of drug-likeness (QED) is 0.643. The van der Waals surface area contributed by atoms with Crippen molar-refractivity contribution in [1.82, 2.24) is 4.90 Å². The Hall–Kier alpha value is -0.180. The molecule has 2 atom stereocenters. The molecule has 0 aromatic carbocycles. The van der Waals surface area contributed by atoms with E-state index < -0.39 is 0 Å². The van der Waals surface area contributed by atoms with Gasteiger partial charge in [0, 0.05) is 12.6 Å². The van der Waals surface area contributed by atoms with Gasteiger partial charge in [0.1, 0.15) is 0 Å². The largest absolute Gasteiger partial charge is 0.338 e. The van der Waals surface area contributed by atoms with Crippen LogP contribution in [0.5, 0.6) is 0 Å². The zero-order valence-corrected chi connectivity index (χ0v) is 9.77. The van der Waals surface area contributed by atoms with Crippen LogP contribution in [0.1, 0.15) is 34.1 Å². The maximum atomic E-state index is 11.6. The lowest BCUT2D eigenvalue weighted by atomic mass is 9.87. The molecule has 3 heteroatoms. The van der Waals surface area contributed by atoms with Gasteiger partial charge < -0.3 is 4.90 Å². The van der Waals surface area contributed by atoms with Crippen molar-refractivity contribution < 1.29 is 4.79 Å². The van der Waals surface area contributed by atoms with E-state index in [-0.39, 0.29) is 16.6 Å². The van der Waals surface area contributed by atoms with Crippen molar-refractivity contribution in [2.75, 3.05) is 6.54 Å². The Morgan fingerprint density at radius 3 is 2.38 bits per heavy atom. The van der Waals surface area contributed by atoms with Crippen molar-refractivity contribution in [1.29, 1.82) is 0 Å². The molecule has 0 aliphatic carbocycles. The van der Waals surface area contributed by atoms with E-state index in [1.54, 1.807) is 0 Å².